The molecule has 2 aromatic rings. The van der Waals surface area contributed by atoms with Crippen LogP contribution in [-0.4, -0.2) is 27.6 Å². The van der Waals surface area contributed by atoms with Gasteiger partial charge in [0, 0.05) is 22.6 Å². The van der Waals surface area contributed by atoms with E-state index in [2.05, 4.69) is 31.5 Å². The Balaban J connectivity index is 1.85. The first-order valence-electron chi connectivity index (χ1n) is 6.56. The Morgan fingerprint density at radius 3 is 3.05 bits per heavy atom. The average Bonchev–Trinajstić information content (AvgIpc) is 2.97. The smallest absolute Gasteiger partial charge is 0.267 e. The summed E-state index contributed by atoms with van der Waals surface area (Å²) < 4.78 is 2.48. The monoisotopic (exact) mass is 365 g/mol. The second kappa shape index (κ2) is 7.60. The molecule has 2 rings (SSSR count). The van der Waals surface area contributed by atoms with Crippen LogP contribution in [0.2, 0.25) is 0 Å². The van der Waals surface area contributed by atoms with E-state index < -0.39 is 6.10 Å². The first-order chi connectivity index (χ1) is 10.5. The van der Waals surface area contributed by atoms with Crippen molar-refractivity contribution in [1.29, 1.82) is 0 Å². The number of nitrogens with two attached hydrogens (primary N) is 1. The van der Waals surface area contributed by atoms with Crippen LogP contribution < -0.4 is 11.1 Å². The Labute approximate surface area is 136 Å². The maximum atomic E-state index is 12.0. The zero-order chi connectivity index (χ0) is 15.9. The van der Waals surface area contributed by atoms with Gasteiger partial charge in [0.15, 0.2) is 5.84 Å². The number of oxime groups is 1. The molecule has 0 fully saturated rings. The van der Waals surface area contributed by atoms with E-state index >= 15 is 0 Å². The van der Waals surface area contributed by atoms with Gasteiger partial charge in [-0.15, -0.1) is 0 Å². The summed E-state index contributed by atoms with van der Waals surface area (Å²) in [6.45, 7) is 1.89. The van der Waals surface area contributed by atoms with E-state index in [1.54, 1.807) is 42.2 Å². The summed E-state index contributed by atoms with van der Waals surface area (Å²) in [5.74, 6) is -0.0838. The number of amides is 1. The van der Waals surface area contributed by atoms with Gasteiger partial charge in [-0.3, -0.25) is 9.48 Å². The molecule has 0 bridgehead atoms. The quantitative estimate of drug-likeness (QED) is 0.464. The number of nitrogens with zero attached hydrogens (tertiary/aromatic N) is 3. The lowest BCUT2D eigenvalue weighted by atomic mass is 10.3. The molecule has 0 saturated carbocycles. The predicted molar refractivity (Wildman–Crippen MR) is 87.2 cm³/mol. The number of hydrogen-bond donors (Lipinski definition) is 2. The van der Waals surface area contributed by atoms with Crippen molar-refractivity contribution in [2.45, 2.75) is 19.6 Å². The van der Waals surface area contributed by atoms with E-state index in [-0.39, 0.29) is 11.7 Å². The van der Waals surface area contributed by atoms with E-state index in [0.29, 0.717) is 12.2 Å². The van der Waals surface area contributed by atoms with Crippen molar-refractivity contribution in [2.24, 2.45) is 10.9 Å². The molecule has 116 valence electrons. The minimum absolute atomic E-state index is 0.228. The summed E-state index contributed by atoms with van der Waals surface area (Å²) in [7, 11) is 0. The van der Waals surface area contributed by atoms with Crippen LogP contribution in [0.25, 0.3) is 0 Å². The molecule has 22 heavy (non-hydrogen) atoms. The van der Waals surface area contributed by atoms with Gasteiger partial charge in [0.05, 0.1) is 0 Å². The molecule has 1 heterocycles. The van der Waals surface area contributed by atoms with Crippen molar-refractivity contribution in [3.8, 4) is 0 Å². The highest BCUT2D eigenvalue weighted by molar-refractivity contribution is 9.10. The van der Waals surface area contributed by atoms with Crippen molar-refractivity contribution < 1.29 is 9.63 Å². The molecule has 0 spiro atoms. The predicted octanol–water partition coefficient (Wildman–Crippen LogP) is 1.96. The highest BCUT2D eigenvalue weighted by atomic mass is 79.9. The maximum Gasteiger partial charge on any atom is 0.267 e. The zero-order valence-electron chi connectivity index (χ0n) is 11.9. The number of carbonyl (C=O) groups excluding carboxylic acids is 1. The van der Waals surface area contributed by atoms with Gasteiger partial charge in [0.2, 0.25) is 6.10 Å². The van der Waals surface area contributed by atoms with Gasteiger partial charge in [0.1, 0.15) is 6.54 Å². The number of rotatable bonds is 6. The summed E-state index contributed by atoms with van der Waals surface area (Å²) in [5, 5.41) is 10.5. The van der Waals surface area contributed by atoms with Crippen LogP contribution in [0.4, 0.5) is 5.69 Å². The van der Waals surface area contributed by atoms with Crippen LogP contribution in [0.3, 0.4) is 0 Å². The fourth-order valence-electron chi connectivity index (χ4n) is 1.59. The number of halogens is 1. The second-order valence-corrected chi connectivity index (χ2v) is 5.45. The minimum atomic E-state index is -0.768. The maximum absolute atomic E-state index is 12.0. The summed E-state index contributed by atoms with van der Waals surface area (Å²) >= 11 is 3.34. The third-order valence-electron chi connectivity index (χ3n) is 2.67. The lowest BCUT2D eigenvalue weighted by Gasteiger charge is -2.11. The molecule has 1 aromatic heterocycles. The van der Waals surface area contributed by atoms with Crippen LogP contribution in [0.5, 0.6) is 0 Å². The van der Waals surface area contributed by atoms with Crippen molar-refractivity contribution in [3.63, 3.8) is 0 Å². The highest BCUT2D eigenvalue weighted by Crippen LogP contribution is 2.15. The van der Waals surface area contributed by atoms with Gasteiger partial charge < -0.3 is 15.9 Å². The summed E-state index contributed by atoms with van der Waals surface area (Å²) in [4.78, 5) is 17.1. The molecule has 1 atom stereocenters. The van der Waals surface area contributed by atoms with E-state index in [1.165, 1.54) is 0 Å². The zero-order valence-corrected chi connectivity index (χ0v) is 13.5. The second-order valence-electron chi connectivity index (χ2n) is 4.53. The molecule has 0 saturated heterocycles. The number of nitrogens with one attached hydrogen (secondary N) is 1. The van der Waals surface area contributed by atoms with E-state index in [4.69, 9.17) is 10.6 Å². The normalized spacial score (nSPS) is 12.7. The highest BCUT2D eigenvalue weighted by Gasteiger charge is 2.14. The van der Waals surface area contributed by atoms with Gasteiger partial charge in [-0.1, -0.05) is 27.2 Å². The third kappa shape index (κ3) is 4.88. The fraction of sp³-hybridized carbons (Fsp3) is 0.214. The van der Waals surface area contributed by atoms with Gasteiger partial charge in [0.25, 0.3) is 5.91 Å². The van der Waals surface area contributed by atoms with Gasteiger partial charge >= 0.3 is 0 Å². The number of carbonyl (C=O) groups is 1. The molecule has 0 radical (unpaired) electrons. The molecule has 8 heteroatoms. The van der Waals surface area contributed by atoms with E-state index in [9.17, 15) is 4.79 Å². The van der Waals surface area contributed by atoms with E-state index in [1.807, 2.05) is 12.1 Å². The van der Waals surface area contributed by atoms with Crippen molar-refractivity contribution >= 4 is 33.4 Å². The Hall–Kier alpha value is -2.35. The Bertz CT molecular complexity index is 657. The fourth-order valence-corrected chi connectivity index (χ4v) is 1.99. The van der Waals surface area contributed by atoms with Crippen molar-refractivity contribution in [3.05, 3.63) is 47.2 Å². The molecular formula is C14H16BrN5O2. The number of aromatic nitrogens is 2. The molecule has 0 aliphatic rings. The molecule has 0 aliphatic heterocycles. The van der Waals surface area contributed by atoms with Crippen LogP contribution in [0, 0.1) is 0 Å². The van der Waals surface area contributed by atoms with Crippen molar-refractivity contribution in [1.82, 2.24) is 9.78 Å². The Morgan fingerprint density at radius 1 is 1.55 bits per heavy atom. The minimum Gasteiger partial charge on any atom is -0.383 e. The molecule has 3 N–H and O–H groups in total. The largest absolute Gasteiger partial charge is 0.383 e. The SMILES string of the molecule is C[C@@H](O/N=C(\N)Cn1cccn1)C(=O)Nc1cccc(Br)c1. The topological polar surface area (TPSA) is 94.5 Å². The lowest BCUT2D eigenvalue weighted by molar-refractivity contribution is -0.126. The van der Waals surface area contributed by atoms with Crippen LogP contribution in [0.1, 0.15) is 6.92 Å². The van der Waals surface area contributed by atoms with Crippen LogP contribution in [0.15, 0.2) is 52.4 Å². The summed E-state index contributed by atoms with van der Waals surface area (Å²) in [6, 6.07) is 9.05. The van der Waals surface area contributed by atoms with Gasteiger partial charge in [-0.05, 0) is 31.2 Å². The van der Waals surface area contributed by atoms with Gasteiger partial charge in [-0.2, -0.15) is 5.10 Å². The molecule has 0 unspecified atom stereocenters. The van der Waals surface area contributed by atoms with Crippen LogP contribution in [-0.2, 0) is 16.2 Å². The third-order valence-corrected chi connectivity index (χ3v) is 3.17. The van der Waals surface area contributed by atoms with Crippen molar-refractivity contribution in [2.75, 3.05) is 5.32 Å². The molecule has 1 amide bonds. The molecule has 0 aliphatic carbocycles. The Morgan fingerprint density at radius 2 is 2.36 bits per heavy atom. The number of anilines is 1. The summed E-state index contributed by atoms with van der Waals surface area (Å²) in [5.41, 5.74) is 6.38. The number of benzene rings is 1. The van der Waals surface area contributed by atoms with E-state index in [0.717, 1.165) is 4.47 Å². The van der Waals surface area contributed by atoms with Gasteiger partial charge in [-0.25, -0.2) is 0 Å². The van der Waals surface area contributed by atoms with Crippen LogP contribution >= 0.6 is 15.9 Å². The standard InChI is InChI=1S/C14H16BrN5O2/c1-10(14(21)18-12-5-2-4-11(15)8-12)22-19-13(16)9-20-7-3-6-17-20/h2-8,10H,9H2,1H3,(H2,16,19)(H,18,21)/t10-/m1/s1. The molecule has 1 aromatic carbocycles. The molecule has 7 nitrogen and oxygen atoms in total. The number of hydrogen-bond acceptors (Lipinski definition) is 4. The first-order valence-corrected chi connectivity index (χ1v) is 7.36. The number of amidine groups is 1. The average molecular weight is 366 g/mol. The Kier molecular flexibility index (Phi) is 5.54. The summed E-state index contributed by atoms with van der Waals surface area (Å²) in [6.07, 6.45) is 2.63. The first kappa shape index (κ1) is 16.0. The lowest BCUT2D eigenvalue weighted by Crippen LogP contribution is -2.28. The molecular weight excluding hydrogens is 350 g/mol.